The summed E-state index contributed by atoms with van der Waals surface area (Å²) in [6.45, 7) is 6.74. The zero-order valence-corrected chi connectivity index (χ0v) is 9.93. The van der Waals surface area contributed by atoms with E-state index in [0.29, 0.717) is 11.6 Å². The second-order valence-electron chi connectivity index (χ2n) is 4.58. The van der Waals surface area contributed by atoms with Crippen molar-refractivity contribution in [1.82, 2.24) is 10.3 Å². The fraction of sp³-hybridized carbons (Fsp3) is 0.455. The van der Waals surface area contributed by atoms with Gasteiger partial charge < -0.3 is 5.32 Å². The maximum Gasteiger partial charge on any atom is 0.271 e. The van der Waals surface area contributed by atoms with E-state index in [1.165, 1.54) is 0 Å². The van der Waals surface area contributed by atoms with Gasteiger partial charge in [0.05, 0.1) is 5.02 Å². The Balaban J connectivity index is 2.66. The van der Waals surface area contributed by atoms with Crippen LogP contribution in [0.5, 0.6) is 0 Å². The van der Waals surface area contributed by atoms with Crippen molar-refractivity contribution < 1.29 is 4.79 Å². The quantitative estimate of drug-likeness (QED) is 0.842. The Morgan fingerprint density at radius 1 is 1.53 bits per heavy atom. The standard InChI is InChI=1S/C11H15ClN2O/c1-11(2,3)7-14-10(15)9-8(12)5-4-6-13-9/h4-6H,7H2,1-3H3,(H,14,15). The Labute approximate surface area is 94.9 Å². The molecule has 0 unspecified atom stereocenters. The summed E-state index contributed by atoms with van der Waals surface area (Å²) in [6, 6.07) is 3.35. The number of carbonyl (C=O) groups is 1. The number of hydrogen-bond acceptors (Lipinski definition) is 2. The minimum Gasteiger partial charge on any atom is -0.350 e. The van der Waals surface area contributed by atoms with Gasteiger partial charge in [-0.25, -0.2) is 4.98 Å². The molecule has 1 amide bonds. The molecule has 1 heterocycles. The normalized spacial score (nSPS) is 11.2. The highest BCUT2D eigenvalue weighted by atomic mass is 35.5. The monoisotopic (exact) mass is 226 g/mol. The van der Waals surface area contributed by atoms with Gasteiger partial charge in [0.25, 0.3) is 5.91 Å². The number of rotatable bonds is 2. The number of hydrogen-bond donors (Lipinski definition) is 1. The fourth-order valence-electron chi connectivity index (χ4n) is 0.982. The van der Waals surface area contributed by atoms with Gasteiger partial charge in [0, 0.05) is 12.7 Å². The SMILES string of the molecule is CC(C)(C)CNC(=O)c1ncccc1Cl. The van der Waals surface area contributed by atoms with Gasteiger partial charge in [0.1, 0.15) is 5.69 Å². The first kappa shape index (κ1) is 12.0. The molecule has 1 rings (SSSR count). The minimum absolute atomic E-state index is 0.0525. The van der Waals surface area contributed by atoms with Gasteiger partial charge in [-0.15, -0.1) is 0 Å². The van der Waals surface area contributed by atoms with Gasteiger partial charge in [0.2, 0.25) is 0 Å². The molecule has 0 aliphatic carbocycles. The van der Waals surface area contributed by atoms with Crippen molar-refractivity contribution in [3.05, 3.63) is 29.0 Å². The Morgan fingerprint density at radius 2 is 2.20 bits per heavy atom. The van der Waals surface area contributed by atoms with E-state index in [-0.39, 0.29) is 17.0 Å². The molecule has 15 heavy (non-hydrogen) atoms. The molecule has 1 aromatic heterocycles. The number of nitrogens with zero attached hydrogens (tertiary/aromatic N) is 1. The van der Waals surface area contributed by atoms with E-state index in [2.05, 4.69) is 10.3 Å². The molecule has 0 aliphatic heterocycles. The first-order valence-corrected chi connectivity index (χ1v) is 5.17. The van der Waals surface area contributed by atoms with Crippen LogP contribution in [-0.4, -0.2) is 17.4 Å². The minimum atomic E-state index is -0.226. The van der Waals surface area contributed by atoms with Gasteiger partial charge >= 0.3 is 0 Å². The van der Waals surface area contributed by atoms with Crippen LogP contribution < -0.4 is 5.32 Å². The van der Waals surface area contributed by atoms with E-state index in [0.717, 1.165) is 0 Å². The van der Waals surface area contributed by atoms with Gasteiger partial charge in [-0.1, -0.05) is 32.4 Å². The topological polar surface area (TPSA) is 42.0 Å². The molecule has 0 spiro atoms. The summed E-state index contributed by atoms with van der Waals surface area (Å²) in [5.41, 5.74) is 0.333. The number of nitrogens with one attached hydrogen (secondary N) is 1. The van der Waals surface area contributed by atoms with Crippen LogP contribution in [0.1, 0.15) is 31.3 Å². The lowest BCUT2D eigenvalue weighted by Gasteiger charge is -2.18. The Bertz CT molecular complexity index is 358. The summed E-state index contributed by atoms with van der Waals surface area (Å²) >= 11 is 5.85. The molecular formula is C11H15ClN2O. The first-order valence-electron chi connectivity index (χ1n) is 4.79. The highest BCUT2D eigenvalue weighted by Gasteiger charge is 2.15. The maximum atomic E-state index is 11.7. The number of halogens is 1. The summed E-state index contributed by atoms with van der Waals surface area (Å²) in [7, 11) is 0. The molecule has 0 aromatic carbocycles. The smallest absolute Gasteiger partial charge is 0.271 e. The van der Waals surface area contributed by atoms with Crippen molar-refractivity contribution in [2.45, 2.75) is 20.8 Å². The van der Waals surface area contributed by atoms with Crippen LogP contribution in [-0.2, 0) is 0 Å². The van der Waals surface area contributed by atoms with Crippen molar-refractivity contribution in [1.29, 1.82) is 0 Å². The van der Waals surface area contributed by atoms with Crippen LogP contribution in [0.15, 0.2) is 18.3 Å². The predicted octanol–water partition coefficient (Wildman–Crippen LogP) is 2.51. The Morgan fingerprint density at radius 3 is 2.73 bits per heavy atom. The van der Waals surface area contributed by atoms with Crippen molar-refractivity contribution in [3.8, 4) is 0 Å². The molecule has 1 N–H and O–H groups in total. The number of carbonyl (C=O) groups excluding carboxylic acids is 1. The zero-order valence-electron chi connectivity index (χ0n) is 9.17. The molecule has 0 bridgehead atoms. The van der Waals surface area contributed by atoms with Gasteiger partial charge in [-0.3, -0.25) is 4.79 Å². The molecule has 1 aromatic rings. The molecule has 0 radical (unpaired) electrons. The number of aromatic nitrogens is 1. The van der Waals surface area contributed by atoms with Crippen molar-refractivity contribution in [2.75, 3.05) is 6.54 Å². The fourth-order valence-corrected chi connectivity index (χ4v) is 1.19. The van der Waals surface area contributed by atoms with Gasteiger partial charge in [-0.05, 0) is 17.5 Å². The molecule has 0 saturated carbocycles. The average Bonchev–Trinajstić information content (AvgIpc) is 2.14. The summed E-state index contributed by atoms with van der Waals surface area (Å²) in [4.78, 5) is 15.6. The largest absolute Gasteiger partial charge is 0.350 e. The van der Waals surface area contributed by atoms with E-state index in [9.17, 15) is 4.79 Å². The lowest BCUT2D eigenvalue weighted by molar-refractivity contribution is 0.0934. The third kappa shape index (κ3) is 3.88. The second-order valence-corrected chi connectivity index (χ2v) is 4.98. The molecule has 3 nitrogen and oxygen atoms in total. The molecule has 0 fully saturated rings. The van der Waals surface area contributed by atoms with Crippen molar-refractivity contribution in [3.63, 3.8) is 0 Å². The van der Waals surface area contributed by atoms with Gasteiger partial charge in [-0.2, -0.15) is 0 Å². The first-order chi connectivity index (χ1) is 6.90. The molecular weight excluding hydrogens is 212 g/mol. The summed E-state index contributed by atoms with van der Waals surface area (Å²) < 4.78 is 0. The summed E-state index contributed by atoms with van der Waals surface area (Å²) in [6.07, 6.45) is 1.55. The van der Waals surface area contributed by atoms with Crippen molar-refractivity contribution >= 4 is 17.5 Å². The molecule has 0 saturated heterocycles. The van der Waals surface area contributed by atoms with Crippen LogP contribution in [0.25, 0.3) is 0 Å². The highest BCUT2D eigenvalue weighted by Crippen LogP contribution is 2.14. The summed E-state index contributed by atoms with van der Waals surface area (Å²) in [5, 5.41) is 3.17. The van der Waals surface area contributed by atoms with Crippen molar-refractivity contribution in [2.24, 2.45) is 5.41 Å². The van der Waals surface area contributed by atoms with Crippen LogP contribution >= 0.6 is 11.6 Å². The molecule has 0 atom stereocenters. The van der Waals surface area contributed by atoms with Crippen LogP contribution in [0.3, 0.4) is 0 Å². The van der Waals surface area contributed by atoms with Gasteiger partial charge in [0.15, 0.2) is 0 Å². The predicted molar refractivity (Wildman–Crippen MR) is 61.0 cm³/mol. The van der Waals surface area contributed by atoms with E-state index < -0.39 is 0 Å². The third-order valence-corrected chi connectivity index (χ3v) is 2.06. The second kappa shape index (κ2) is 4.62. The zero-order chi connectivity index (χ0) is 11.5. The van der Waals surface area contributed by atoms with Crippen LogP contribution in [0, 0.1) is 5.41 Å². The van der Waals surface area contributed by atoms with E-state index in [4.69, 9.17) is 11.6 Å². The maximum absolute atomic E-state index is 11.7. The Kier molecular flexibility index (Phi) is 3.69. The highest BCUT2D eigenvalue weighted by molar-refractivity contribution is 6.33. The number of amides is 1. The van der Waals surface area contributed by atoms with E-state index in [1.54, 1.807) is 18.3 Å². The third-order valence-electron chi connectivity index (χ3n) is 1.75. The van der Waals surface area contributed by atoms with E-state index >= 15 is 0 Å². The molecule has 82 valence electrons. The lowest BCUT2D eigenvalue weighted by Crippen LogP contribution is -2.32. The Hall–Kier alpha value is -1.09. The molecule has 0 aliphatic rings. The van der Waals surface area contributed by atoms with Crippen LogP contribution in [0.2, 0.25) is 5.02 Å². The van der Waals surface area contributed by atoms with E-state index in [1.807, 2.05) is 20.8 Å². The summed E-state index contributed by atoms with van der Waals surface area (Å²) in [5.74, 6) is -0.226. The van der Waals surface area contributed by atoms with Crippen LogP contribution in [0.4, 0.5) is 0 Å². The molecule has 4 heteroatoms. The average molecular weight is 227 g/mol. The lowest BCUT2D eigenvalue weighted by atomic mass is 9.97. The number of pyridine rings is 1.